The van der Waals surface area contributed by atoms with Crippen molar-refractivity contribution in [3.8, 4) is 0 Å². The van der Waals surface area contributed by atoms with Crippen LogP contribution in [0.2, 0.25) is 5.02 Å². The maximum absolute atomic E-state index is 13.7. The summed E-state index contributed by atoms with van der Waals surface area (Å²) in [5.74, 6) is -2.05. The van der Waals surface area contributed by atoms with Crippen molar-refractivity contribution in [1.29, 1.82) is 0 Å². The third-order valence-corrected chi connectivity index (χ3v) is 5.12. The Hall–Kier alpha value is -3.14. The Morgan fingerprint density at radius 3 is 2.80 bits per heavy atom. The lowest BCUT2D eigenvalue weighted by Crippen LogP contribution is -2.52. The molecule has 160 valence electrons. The van der Waals surface area contributed by atoms with Gasteiger partial charge in [-0.05, 0) is 17.7 Å². The molecule has 2 atom stereocenters. The van der Waals surface area contributed by atoms with E-state index >= 15 is 0 Å². The summed E-state index contributed by atoms with van der Waals surface area (Å²) in [6.07, 6.45) is 1.62. The second-order valence-corrected chi connectivity index (χ2v) is 7.00. The van der Waals surface area contributed by atoms with E-state index in [-0.39, 0.29) is 18.0 Å². The number of aromatic nitrogens is 2. The summed E-state index contributed by atoms with van der Waals surface area (Å²) in [5, 5.41) is 2.43. The van der Waals surface area contributed by atoms with Gasteiger partial charge in [0.2, 0.25) is 0 Å². The van der Waals surface area contributed by atoms with E-state index in [1.165, 1.54) is 36.5 Å². The van der Waals surface area contributed by atoms with Crippen molar-refractivity contribution in [3.63, 3.8) is 0 Å². The standard InChI is InChI=1S/C19H20ClFN4O5/c1-29-15(26)8-14(18(27)30-2)24-19(28)25-6-5-13-16(23-9-22-13)17(25)10-3-4-12(21)11(20)7-10/h3-4,7,9,14,17H,5-6,8H2,1-2H3,(H,22,23)(H,24,28)/t14-,17?/m1/s1. The number of nitrogens with one attached hydrogen (secondary N) is 2. The van der Waals surface area contributed by atoms with Crippen LogP contribution in [0.1, 0.15) is 29.4 Å². The van der Waals surface area contributed by atoms with Crippen LogP contribution in [0.25, 0.3) is 0 Å². The summed E-state index contributed by atoms with van der Waals surface area (Å²) in [7, 11) is 2.33. The Morgan fingerprint density at radius 2 is 2.13 bits per heavy atom. The van der Waals surface area contributed by atoms with E-state index in [9.17, 15) is 18.8 Å². The highest BCUT2D eigenvalue weighted by Crippen LogP contribution is 2.35. The number of halogens is 2. The van der Waals surface area contributed by atoms with Crippen LogP contribution in [0.5, 0.6) is 0 Å². The number of methoxy groups -OCH3 is 2. The number of amides is 2. The first-order valence-electron chi connectivity index (χ1n) is 9.04. The number of hydrogen-bond donors (Lipinski definition) is 2. The number of aromatic amines is 1. The first kappa shape index (κ1) is 21.6. The molecule has 1 aliphatic rings. The molecule has 0 spiro atoms. The largest absolute Gasteiger partial charge is 0.469 e. The molecule has 2 aromatic rings. The van der Waals surface area contributed by atoms with E-state index in [1.54, 1.807) is 0 Å². The van der Waals surface area contributed by atoms with Crippen LogP contribution in [0.3, 0.4) is 0 Å². The summed E-state index contributed by atoms with van der Waals surface area (Å²) in [6.45, 7) is 0.285. The molecule has 2 N–H and O–H groups in total. The smallest absolute Gasteiger partial charge is 0.329 e. The van der Waals surface area contributed by atoms with Gasteiger partial charge in [0.15, 0.2) is 0 Å². The molecular weight excluding hydrogens is 419 g/mol. The molecule has 2 amide bonds. The summed E-state index contributed by atoms with van der Waals surface area (Å²) >= 11 is 5.94. The van der Waals surface area contributed by atoms with Crippen molar-refractivity contribution in [1.82, 2.24) is 20.2 Å². The van der Waals surface area contributed by atoms with Crippen LogP contribution in [0.4, 0.5) is 9.18 Å². The lowest BCUT2D eigenvalue weighted by Gasteiger charge is -2.36. The highest BCUT2D eigenvalue weighted by Gasteiger charge is 2.36. The number of carbonyl (C=O) groups is 3. The van der Waals surface area contributed by atoms with Crippen LogP contribution in [-0.2, 0) is 25.5 Å². The zero-order valence-corrected chi connectivity index (χ0v) is 17.0. The molecule has 1 unspecified atom stereocenters. The average molecular weight is 439 g/mol. The van der Waals surface area contributed by atoms with E-state index < -0.39 is 35.9 Å². The van der Waals surface area contributed by atoms with Gasteiger partial charge in [-0.2, -0.15) is 0 Å². The minimum Gasteiger partial charge on any atom is -0.469 e. The van der Waals surface area contributed by atoms with Gasteiger partial charge in [0.05, 0.1) is 37.7 Å². The predicted octanol–water partition coefficient (Wildman–Crippen LogP) is 1.96. The molecule has 0 bridgehead atoms. The first-order valence-corrected chi connectivity index (χ1v) is 9.42. The number of esters is 2. The van der Waals surface area contributed by atoms with Gasteiger partial charge in [-0.3, -0.25) is 4.79 Å². The Labute approximate surface area is 176 Å². The Bertz CT molecular complexity index is 966. The van der Waals surface area contributed by atoms with Gasteiger partial charge in [-0.15, -0.1) is 0 Å². The molecule has 30 heavy (non-hydrogen) atoms. The number of imidazole rings is 1. The number of H-pyrrole nitrogens is 1. The molecule has 0 saturated carbocycles. The summed E-state index contributed by atoms with van der Waals surface area (Å²) in [5.41, 5.74) is 1.97. The van der Waals surface area contributed by atoms with Crippen molar-refractivity contribution in [2.45, 2.75) is 24.9 Å². The summed E-state index contributed by atoms with van der Waals surface area (Å²) in [4.78, 5) is 45.5. The molecule has 0 saturated heterocycles. The van der Waals surface area contributed by atoms with Crippen LogP contribution in [0.15, 0.2) is 24.5 Å². The van der Waals surface area contributed by atoms with Crippen LogP contribution >= 0.6 is 11.6 Å². The van der Waals surface area contributed by atoms with E-state index in [1.807, 2.05) is 0 Å². The number of hydrogen-bond acceptors (Lipinski definition) is 6. The Morgan fingerprint density at radius 1 is 1.37 bits per heavy atom. The number of ether oxygens (including phenoxy) is 2. The van der Waals surface area contributed by atoms with Crippen LogP contribution in [0, 0.1) is 5.82 Å². The molecule has 1 aliphatic heterocycles. The third-order valence-electron chi connectivity index (χ3n) is 4.83. The Kier molecular flexibility index (Phi) is 6.56. The fourth-order valence-electron chi connectivity index (χ4n) is 3.33. The molecule has 0 radical (unpaired) electrons. The average Bonchev–Trinajstić information content (AvgIpc) is 3.22. The van der Waals surface area contributed by atoms with E-state index in [0.29, 0.717) is 17.7 Å². The number of rotatable bonds is 5. The fraction of sp³-hybridized carbons (Fsp3) is 0.368. The summed E-state index contributed by atoms with van der Waals surface area (Å²) < 4.78 is 22.9. The highest BCUT2D eigenvalue weighted by molar-refractivity contribution is 6.30. The van der Waals surface area contributed by atoms with Gasteiger partial charge in [0, 0.05) is 18.7 Å². The maximum atomic E-state index is 13.7. The van der Waals surface area contributed by atoms with Crippen molar-refractivity contribution < 1.29 is 28.2 Å². The van der Waals surface area contributed by atoms with E-state index in [2.05, 4.69) is 24.8 Å². The zero-order valence-electron chi connectivity index (χ0n) is 16.3. The van der Waals surface area contributed by atoms with Crippen molar-refractivity contribution in [2.75, 3.05) is 20.8 Å². The first-order chi connectivity index (χ1) is 14.3. The molecular formula is C19H20ClFN4O5. The second kappa shape index (κ2) is 9.12. The third kappa shape index (κ3) is 4.38. The monoisotopic (exact) mass is 438 g/mol. The Balaban J connectivity index is 1.91. The van der Waals surface area contributed by atoms with Gasteiger partial charge in [-0.25, -0.2) is 19.0 Å². The number of nitrogens with zero attached hydrogens (tertiary/aromatic N) is 2. The molecule has 0 fully saturated rings. The zero-order chi connectivity index (χ0) is 21.8. The number of carbonyl (C=O) groups excluding carboxylic acids is 3. The van der Waals surface area contributed by atoms with Gasteiger partial charge in [0.25, 0.3) is 0 Å². The molecule has 2 heterocycles. The van der Waals surface area contributed by atoms with Crippen molar-refractivity contribution in [2.24, 2.45) is 0 Å². The SMILES string of the molecule is COC(=O)C[C@@H](NC(=O)N1CCc2[nH]cnc2C1c1ccc(F)c(Cl)c1)C(=O)OC. The van der Waals surface area contributed by atoms with Crippen LogP contribution < -0.4 is 5.32 Å². The van der Waals surface area contributed by atoms with Crippen LogP contribution in [-0.4, -0.2) is 59.6 Å². The second-order valence-electron chi connectivity index (χ2n) is 6.59. The molecule has 3 rings (SSSR count). The molecule has 1 aromatic heterocycles. The minimum absolute atomic E-state index is 0.0892. The number of benzene rings is 1. The number of urea groups is 1. The molecule has 9 nitrogen and oxygen atoms in total. The molecule has 1 aromatic carbocycles. The maximum Gasteiger partial charge on any atom is 0.329 e. The predicted molar refractivity (Wildman–Crippen MR) is 103 cm³/mol. The lowest BCUT2D eigenvalue weighted by atomic mass is 9.96. The lowest BCUT2D eigenvalue weighted by molar-refractivity contribution is -0.149. The minimum atomic E-state index is -1.23. The van der Waals surface area contributed by atoms with Crippen molar-refractivity contribution >= 4 is 29.6 Å². The summed E-state index contributed by atoms with van der Waals surface area (Å²) in [6, 6.07) is 1.64. The van der Waals surface area contributed by atoms with Crippen molar-refractivity contribution in [3.05, 3.63) is 52.3 Å². The van der Waals surface area contributed by atoms with Gasteiger partial charge in [0.1, 0.15) is 17.9 Å². The van der Waals surface area contributed by atoms with E-state index in [4.69, 9.17) is 11.6 Å². The van der Waals surface area contributed by atoms with Gasteiger partial charge < -0.3 is 24.7 Å². The number of fused-ring (bicyclic) bond motifs is 1. The quantitative estimate of drug-likeness (QED) is 0.690. The van der Waals surface area contributed by atoms with Gasteiger partial charge in [-0.1, -0.05) is 17.7 Å². The topological polar surface area (TPSA) is 114 Å². The fourth-order valence-corrected chi connectivity index (χ4v) is 3.52. The normalized spacial score (nSPS) is 16.4. The van der Waals surface area contributed by atoms with Gasteiger partial charge >= 0.3 is 18.0 Å². The molecule has 0 aliphatic carbocycles. The van der Waals surface area contributed by atoms with E-state index in [0.717, 1.165) is 12.8 Å². The molecule has 11 heteroatoms. The highest BCUT2D eigenvalue weighted by atomic mass is 35.5.